The summed E-state index contributed by atoms with van der Waals surface area (Å²) in [6.07, 6.45) is 3.42. The van der Waals surface area contributed by atoms with Crippen LogP contribution in [0.2, 0.25) is 0 Å². The summed E-state index contributed by atoms with van der Waals surface area (Å²) in [4.78, 5) is 26.0. The van der Waals surface area contributed by atoms with Crippen LogP contribution in [0.15, 0.2) is 18.5 Å². The minimum absolute atomic E-state index is 0.0101. The Labute approximate surface area is 104 Å². The van der Waals surface area contributed by atoms with Crippen LogP contribution in [0.4, 0.5) is 4.39 Å². The van der Waals surface area contributed by atoms with Gasteiger partial charge in [0.25, 0.3) is 5.91 Å². The first-order valence-corrected chi connectivity index (χ1v) is 5.66. The van der Waals surface area contributed by atoms with Crippen molar-refractivity contribution in [1.82, 2.24) is 10.3 Å². The van der Waals surface area contributed by atoms with Crippen molar-refractivity contribution in [3.63, 3.8) is 0 Å². The molecule has 1 atom stereocenters. The van der Waals surface area contributed by atoms with E-state index in [0.29, 0.717) is 12.8 Å². The third-order valence-electron chi connectivity index (χ3n) is 2.51. The van der Waals surface area contributed by atoms with Gasteiger partial charge in [-0.3, -0.25) is 14.6 Å². The van der Waals surface area contributed by atoms with Crippen molar-refractivity contribution in [1.29, 1.82) is 0 Å². The van der Waals surface area contributed by atoms with E-state index in [0.717, 1.165) is 6.20 Å². The number of amides is 1. The summed E-state index contributed by atoms with van der Waals surface area (Å²) in [7, 11) is 0. The Hall–Kier alpha value is -1.98. The Kier molecular flexibility index (Phi) is 5.23. The first-order valence-electron chi connectivity index (χ1n) is 5.66. The average molecular weight is 254 g/mol. The van der Waals surface area contributed by atoms with Crippen molar-refractivity contribution in [3.05, 3.63) is 29.8 Å². The number of carbonyl (C=O) groups excluding carboxylic acids is 1. The van der Waals surface area contributed by atoms with E-state index in [2.05, 4.69) is 10.3 Å². The third kappa shape index (κ3) is 3.80. The molecule has 1 aromatic heterocycles. The highest BCUT2D eigenvalue weighted by atomic mass is 19.1. The van der Waals surface area contributed by atoms with E-state index in [4.69, 9.17) is 5.11 Å². The van der Waals surface area contributed by atoms with Gasteiger partial charge in [-0.1, -0.05) is 13.3 Å². The number of rotatable bonds is 6. The molecule has 0 spiro atoms. The van der Waals surface area contributed by atoms with E-state index >= 15 is 0 Å². The molecule has 0 aliphatic heterocycles. The van der Waals surface area contributed by atoms with Gasteiger partial charge in [-0.2, -0.15) is 0 Å². The summed E-state index contributed by atoms with van der Waals surface area (Å²) in [6.45, 7) is 1.85. The van der Waals surface area contributed by atoms with E-state index in [1.807, 2.05) is 6.92 Å². The number of carbonyl (C=O) groups is 2. The molecule has 0 bridgehead atoms. The highest BCUT2D eigenvalue weighted by Gasteiger charge is 2.18. The van der Waals surface area contributed by atoms with E-state index in [9.17, 15) is 14.0 Å². The van der Waals surface area contributed by atoms with Crippen LogP contribution in [0.3, 0.4) is 0 Å². The molecule has 1 rings (SSSR count). The maximum Gasteiger partial charge on any atom is 0.308 e. The van der Waals surface area contributed by atoms with Gasteiger partial charge in [-0.15, -0.1) is 0 Å². The second-order valence-corrected chi connectivity index (χ2v) is 3.89. The molecule has 0 saturated heterocycles. The molecule has 5 nitrogen and oxygen atoms in total. The Morgan fingerprint density at radius 2 is 2.28 bits per heavy atom. The standard InChI is InChI=1S/C12H15FN2O3/c1-2-3-8(12(17)18)6-15-11(16)9-4-5-14-7-10(9)13/h4-5,7-8H,2-3,6H2,1H3,(H,15,16)(H,17,18). The van der Waals surface area contributed by atoms with E-state index in [1.165, 1.54) is 12.3 Å². The number of halogens is 1. The molecule has 2 N–H and O–H groups in total. The molecule has 1 aromatic rings. The Morgan fingerprint density at radius 3 is 2.83 bits per heavy atom. The number of carboxylic acids is 1. The number of nitrogens with zero attached hydrogens (tertiary/aromatic N) is 1. The van der Waals surface area contributed by atoms with Gasteiger partial charge in [0, 0.05) is 12.7 Å². The van der Waals surface area contributed by atoms with E-state index < -0.39 is 23.6 Å². The molecule has 98 valence electrons. The smallest absolute Gasteiger partial charge is 0.308 e. The number of pyridine rings is 1. The van der Waals surface area contributed by atoms with Gasteiger partial charge in [0.15, 0.2) is 5.82 Å². The van der Waals surface area contributed by atoms with Crippen LogP contribution in [-0.2, 0) is 4.79 Å². The SMILES string of the molecule is CCCC(CNC(=O)c1ccncc1F)C(=O)O. The van der Waals surface area contributed by atoms with Crippen LogP contribution < -0.4 is 5.32 Å². The lowest BCUT2D eigenvalue weighted by Gasteiger charge is -2.12. The summed E-state index contributed by atoms with van der Waals surface area (Å²) < 4.78 is 13.2. The first kappa shape index (κ1) is 14.1. The fraction of sp³-hybridized carbons (Fsp3) is 0.417. The molecule has 0 radical (unpaired) electrons. The predicted octanol–water partition coefficient (Wildman–Crippen LogP) is 1.45. The molecule has 1 heterocycles. The van der Waals surface area contributed by atoms with Crippen LogP contribution >= 0.6 is 0 Å². The fourth-order valence-electron chi connectivity index (χ4n) is 1.53. The lowest BCUT2D eigenvalue weighted by molar-refractivity contribution is -0.141. The Balaban J connectivity index is 2.60. The molecular formula is C12H15FN2O3. The summed E-state index contributed by atoms with van der Waals surface area (Å²) in [6, 6.07) is 1.25. The number of hydrogen-bond acceptors (Lipinski definition) is 3. The average Bonchev–Trinajstić information content (AvgIpc) is 2.34. The number of aromatic nitrogens is 1. The van der Waals surface area contributed by atoms with Crippen LogP contribution in [0.25, 0.3) is 0 Å². The Bertz CT molecular complexity index is 437. The van der Waals surface area contributed by atoms with Gasteiger partial charge < -0.3 is 10.4 Å². The summed E-state index contributed by atoms with van der Waals surface area (Å²) in [5.41, 5.74) is -0.134. The monoisotopic (exact) mass is 254 g/mol. The zero-order valence-electron chi connectivity index (χ0n) is 10.0. The molecule has 0 aliphatic rings. The largest absolute Gasteiger partial charge is 0.481 e. The fourth-order valence-corrected chi connectivity index (χ4v) is 1.53. The molecule has 0 aliphatic carbocycles. The third-order valence-corrected chi connectivity index (χ3v) is 2.51. The number of aliphatic carboxylic acids is 1. The van der Waals surface area contributed by atoms with Gasteiger partial charge in [0.05, 0.1) is 17.7 Å². The van der Waals surface area contributed by atoms with Gasteiger partial charge in [0.1, 0.15) is 0 Å². The minimum Gasteiger partial charge on any atom is -0.481 e. The molecule has 0 aromatic carbocycles. The maximum absolute atomic E-state index is 13.2. The normalized spacial score (nSPS) is 11.9. The molecule has 1 unspecified atom stereocenters. The summed E-state index contributed by atoms with van der Waals surface area (Å²) in [5, 5.41) is 11.3. The van der Waals surface area contributed by atoms with Crippen LogP contribution in [0.1, 0.15) is 30.1 Å². The van der Waals surface area contributed by atoms with Gasteiger partial charge in [-0.25, -0.2) is 4.39 Å². The first-order chi connectivity index (χ1) is 8.56. The zero-order valence-corrected chi connectivity index (χ0v) is 10.0. The van der Waals surface area contributed by atoms with Crippen molar-refractivity contribution in [2.24, 2.45) is 5.92 Å². The lowest BCUT2D eigenvalue weighted by Crippen LogP contribution is -2.33. The van der Waals surface area contributed by atoms with Gasteiger partial charge in [-0.05, 0) is 12.5 Å². The molecule has 0 saturated carbocycles. The van der Waals surface area contributed by atoms with Crippen LogP contribution in [-0.4, -0.2) is 28.5 Å². The highest BCUT2D eigenvalue weighted by Crippen LogP contribution is 2.07. The van der Waals surface area contributed by atoms with Crippen molar-refractivity contribution in [3.8, 4) is 0 Å². The number of nitrogens with one attached hydrogen (secondary N) is 1. The minimum atomic E-state index is -0.965. The molecule has 18 heavy (non-hydrogen) atoms. The van der Waals surface area contributed by atoms with Crippen LogP contribution in [0, 0.1) is 11.7 Å². The summed E-state index contributed by atoms with van der Waals surface area (Å²) >= 11 is 0. The molecule has 1 amide bonds. The maximum atomic E-state index is 13.2. The molecule has 0 fully saturated rings. The predicted molar refractivity (Wildman–Crippen MR) is 62.6 cm³/mol. The van der Waals surface area contributed by atoms with E-state index in [1.54, 1.807) is 0 Å². The lowest BCUT2D eigenvalue weighted by atomic mass is 10.0. The van der Waals surface area contributed by atoms with Crippen molar-refractivity contribution in [2.45, 2.75) is 19.8 Å². The van der Waals surface area contributed by atoms with Crippen molar-refractivity contribution in [2.75, 3.05) is 6.54 Å². The topological polar surface area (TPSA) is 79.3 Å². The molecular weight excluding hydrogens is 239 g/mol. The van der Waals surface area contributed by atoms with Gasteiger partial charge in [0.2, 0.25) is 0 Å². The quantitative estimate of drug-likeness (QED) is 0.805. The number of hydrogen-bond donors (Lipinski definition) is 2. The van der Waals surface area contributed by atoms with Crippen molar-refractivity contribution < 1.29 is 19.1 Å². The molecule has 6 heteroatoms. The van der Waals surface area contributed by atoms with Crippen LogP contribution in [0.5, 0.6) is 0 Å². The van der Waals surface area contributed by atoms with E-state index in [-0.39, 0.29) is 12.1 Å². The second-order valence-electron chi connectivity index (χ2n) is 3.89. The second kappa shape index (κ2) is 6.68. The summed E-state index contributed by atoms with van der Waals surface area (Å²) in [5.74, 6) is -2.97. The zero-order chi connectivity index (χ0) is 13.5. The van der Waals surface area contributed by atoms with Gasteiger partial charge >= 0.3 is 5.97 Å². The Morgan fingerprint density at radius 1 is 1.56 bits per heavy atom. The highest BCUT2D eigenvalue weighted by molar-refractivity contribution is 5.94. The number of carboxylic acid groups (broad SMARTS) is 1. The van der Waals surface area contributed by atoms with Crippen molar-refractivity contribution >= 4 is 11.9 Å².